The van der Waals surface area contributed by atoms with Crippen molar-refractivity contribution >= 4 is 5.91 Å². The lowest BCUT2D eigenvalue weighted by Crippen LogP contribution is -2.50. The van der Waals surface area contributed by atoms with Crippen LogP contribution in [0.3, 0.4) is 0 Å². The molecule has 0 heterocycles. The third-order valence-corrected chi connectivity index (χ3v) is 3.86. The number of amides is 1. The number of carbonyl (C=O) groups excluding carboxylic acids is 1. The smallest absolute Gasteiger partial charge is 0.237 e. The van der Waals surface area contributed by atoms with Gasteiger partial charge in [-0.3, -0.25) is 9.69 Å². The third kappa shape index (κ3) is 4.58. The Bertz CT molecular complexity index is 249. The van der Waals surface area contributed by atoms with Gasteiger partial charge in [0.15, 0.2) is 0 Å². The van der Waals surface area contributed by atoms with Crippen molar-refractivity contribution in [3.8, 4) is 0 Å². The SMILES string of the molecule is CC(C)N(CCCN)C(C)C(=O)NC1CCCC1. The summed E-state index contributed by atoms with van der Waals surface area (Å²) >= 11 is 0. The Morgan fingerprint density at radius 3 is 2.44 bits per heavy atom. The minimum absolute atomic E-state index is 0.0582. The summed E-state index contributed by atoms with van der Waals surface area (Å²) in [5.74, 6) is 0.174. The van der Waals surface area contributed by atoms with E-state index in [0.29, 0.717) is 18.6 Å². The third-order valence-electron chi connectivity index (χ3n) is 3.86. The molecule has 18 heavy (non-hydrogen) atoms. The summed E-state index contributed by atoms with van der Waals surface area (Å²) in [5.41, 5.74) is 5.56. The molecule has 1 amide bonds. The van der Waals surface area contributed by atoms with E-state index in [1.165, 1.54) is 12.8 Å². The van der Waals surface area contributed by atoms with E-state index in [0.717, 1.165) is 25.8 Å². The minimum Gasteiger partial charge on any atom is -0.352 e. The van der Waals surface area contributed by atoms with Gasteiger partial charge in [-0.2, -0.15) is 0 Å². The quantitative estimate of drug-likeness (QED) is 0.724. The van der Waals surface area contributed by atoms with Gasteiger partial charge >= 0.3 is 0 Å². The fourth-order valence-electron chi connectivity index (χ4n) is 2.72. The molecule has 0 aromatic rings. The molecule has 1 unspecified atom stereocenters. The molecule has 0 aliphatic heterocycles. The highest BCUT2D eigenvalue weighted by Gasteiger charge is 2.25. The molecular weight excluding hydrogens is 226 g/mol. The highest BCUT2D eigenvalue weighted by molar-refractivity contribution is 5.81. The van der Waals surface area contributed by atoms with Crippen LogP contribution in [0, 0.1) is 0 Å². The lowest BCUT2D eigenvalue weighted by atomic mass is 10.1. The molecule has 4 nitrogen and oxygen atoms in total. The van der Waals surface area contributed by atoms with Crippen molar-refractivity contribution in [2.45, 2.75) is 71.0 Å². The fourth-order valence-corrected chi connectivity index (χ4v) is 2.72. The summed E-state index contributed by atoms with van der Waals surface area (Å²) in [5, 5.41) is 3.18. The van der Waals surface area contributed by atoms with E-state index in [-0.39, 0.29) is 11.9 Å². The Kier molecular flexibility index (Phi) is 6.65. The molecule has 0 bridgehead atoms. The maximum atomic E-state index is 12.2. The highest BCUT2D eigenvalue weighted by Crippen LogP contribution is 2.18. The first-order chi connectivity index (χ1) is 8.56. The zero-order chi connectivity index (χ0) is 13.5. The molecule has 1 rings (SSSR count). The molecule has 1 atom stereocenters. The van der Waals surface area contributed by atoms with Gasteiger partial charge < -0.3 is 11.1 Å². The second-order valence-electron chi connectivity index (χ2n) is 5.64. The second kappa shape index (κ2) is 7.74. The summed E-state index contributed by atoms with van der Waals surface area (Å²) in [4.78, 5) is 14.5. The Labute approximate surface area is 111 Å². The monoisotopic (exact) mass is 255 g/mol. The van der Waals surface area contributed by atoms with Crippen molar-refractivity contribution in [2.75, 3.05) is 13.1 Å². The summed E-state index contributed by atoms with van der Waals surface area (Å²) in [6.07, 6.45) is 5.73. The number of nitrogens with one attached hydrogen (secondary N) is 1. The molecular formula is C14H29N3O. The molecule has 0 aromatic heterocycles. The molecule has 0 spiro atoms. The molecule has 3 N–H and O–H groups in total. The van der Waals surface area contributed by atoms with Crippen LogP contribution in [0.2, 0.25) is 0 Å². The van der Waals surface area contributed by atoms with Gasteiger partial charge in [0.1, 0.15) is 0 Å². The lowest BCUT2D eigenvalue weighted by molar-refractivity contribution is -0.127. The van der Waals surface area contributed by atoms with E-state index >= 15 is 0 Å². The van der Waals surface area contributed by atoms with Crippen LogP contribution in [0.15, 0.2) is 0 Å². The van der Waals surface area contributed by atoms with Crippen molar-refractivity contribution in [3.05, 3.63) is 0 Å². The van der Waals surface area contributed by atoms with Crippen LogP contribution in [0.1, 0.15) is 52.9 Å². The first-order valence-corrected chi connectivity index (χ1v) is 7.32. The van der Waals surface area contributed by atoms with Gasteiger partial charge in [0.05, 0.1) is 6.04 Å². The average Bonchev–Trinajstić information content (AvgIpc) is 2.81. The Morgan fingerprint density at radius 2 is 1.94 bits per heavy atom. The standard InChI is InChI=1S/C14H29N3O/c1-11(2)17(10-6-9-15)12(3)14(18)16-13-7-4-5-8-13/h11-13H,4-10,15H2,1-3H3,(H,16,18). The van der Waals surface area contributed by atoms with Gasteiger partial charge in [0, 0.05) is 18.6 Å². The van der Waals surface area contributed by atoms with Gasteiger partial charge in [-0.15, -0.1) is 0 Å². The van der Waals surface area contributed by atoms with Crippen molar-refractivity contribution in [2.24, 2.45) is 5.73 Å². The first kappa shape index (κ1) is 15.4. The molecule has 0 saturated heterocycles. The van der Waals surface area contributed by atoms with Gasteiger partial charge in [0.25, 0.3) is 0 Å². The zero-order valence-electron chi connectivity index (χ0n) is 12.1. The summed E-state index contributed by atoms with van der Waals surface area (Å²) in [6.45, 7) is 7.85. The van der Waals surface area contributed by atoms with Crippen LogP contribution < -0.4 is 11.1 Å². The van der Waals surface area contributed by atoms with Gasteiger partial charge in [-0.1, -0.05) is 12.8 Å². The number of rotatable bonds is 7. The molecule has 106 valence electrons. The van der Waals surface area contributed by atoms with Crippen LogP contribution in [-0.2, 0) is 4.79 Å². The predicted octanol–water partition coefficient (Wildman–Crippen LogP) is 1.49. The van der Waals surface area contributed by atoms with Gasteiger partial charge in [-0.05, 0) is 46.6 Å². The van der Waals surface area contributed by atoms with E-state index in [1.807, 2.05) is 6.92 Å². The Balaban J connectivity index is 2.46. The summed E-state index contributed by atoms with van der Waals surface area (Å²) in [6, 6.07) is 0.724. The summed E-state index contributed by atoms with van der Waals surface area (Å²) in [7, 11) is 0. The fraction of sp³-hybridized carbons (Fsp3) is 0.929. The van der Waals surface area contributed by atoms with E-state index in [4.69, 9.17) is 5.73 Å². The molecule has 1 saturated carbocycles. The second-order valence-corrected chi connectivity index (χ2v) is 5.64. The zero-order valence-corrected chi connectivity index (χ0v) is 12.1. The molecule has 0 aromatic carbocycles. The minimum atomic E-state index is -0.0582. The maximum Gasteiger partial charge on any atom is 0.237 e. The van der Waals surface area contributed by atoms with Crippen LogP contribution in [0.25, 0.3) is 0 Å². The maximum absolute atomic E-state index is 12.2. The lowest BCUT2D eigenvalue weighted by Gasteiger charge is -2.32. The molecule has 4 heteroatoms. The highest BCUT2D eigenvalue weighted by atomic mass is 16.2. The van der Waals surface area contributed by atoms with Gasteiger partial charge in [-0.25, -0.2) is 0 Å². The van der Waals surface area contributed by atoms with E-state index in [1.54, 1.807) is 0 Å². The largest absolute Gasteiger partial charge is 0.352 e. The molecule has 1 aliphatic carbocycles. The topological polar surface area (TPSA) is 58.4 Å². The van der Waals surface area contributed by atoms with Crippen molar-refractivity contribution in [3.63, 3.8) is 0 Å². The Morgan fingerprint density at radius 1 is 1.33 bits per heavy atom. The van der Waals surface area contributed by atoms with Crippen LogP contribution in [0.5, 0.6) is 0 Å². The van der Waals surface area contributed by atoms with Gasteiger partial charge in [0.2, 0.25) is 5.91 Å². The number of carbonyl (C=O) groups is 1. The summed E-state index contributed by atoms with van der Waals surface area (Å²) < 4.78 is 0. The Hall–Kier alpha value is -0.610. The number of nitrogens with zero attached hydrogens (tertiary/aromatic N) is 1. The average molecular weight is 255 g/mol. The molecule has 1 aliphatic rings. The van der Waals surface area contributed by atoms with E-state index < -0.39 is 0 Å². The first-order valence-electron chi connectivity index (χ1n) is 7.32. The van der Waals surface area contributed by atoms with Crippen LogP contribution >= 0.6 is 0 Å². The van der Waals surface area contributed by atoms with Crippen LogP contribution in [-0.4, -0.2) is 42.0 Å². The van der Waals surface area contributed by atoms with Crippen molar-refractivity contribution in [1.82, 2.24) is 10.2 Å². The van der Waals surface area contributed by atoms with Crippen molar-refractivity contribution < 1.29 is 4.79 Å². The number of hydrogen-bond acceptors (Lipinski definition) is 3. The van der Waals surface area contributed by atoms with Crippen LogP contribution in [0.4, 0.5) is 0 Å². The van der Waals surface area contributed by atoms with E-state index in [2.05, 4.69) is 24.1 Å². The normalized spacial score (nSPS) is 18.6. The number of hydrogen-bond donors (Lipinski definition) is 2. The molecule has 0 radical (unpaired) electrons. The number of nitrogens with two attached hydrogens (primary N) is 1. The molecule has 1 fully saturated rings. The van der Waals surface area contributed by atoms with Crippen molar-refractivity contribution in [1.29, 1.82) is 0 Å². The predicted molar refractivity (Wildman–Crippen MR) is 75.4 cm³/mol. The van der Waals surface area contributed by atoms with E-state index in [9.17, 15) is 4.79 Å².